The van der Waals surface area contributed by atoms with E-state index in [9.17, 15) is 4.79 Å². The number of ether oxygens (including phenoxy) is 1. The van der Waals surface area contributed by atoms with Crippen molar-refractivity contribution in [3.8, 4) is 0 Å². The van der Waals surface area contributed by atoms with Crippen LogP contribution in [-0.4, -0.2) is 24.7 Å². The van der Waals surface area contributed by atoms with E-state index in [1.54, 1.807) is 38.2 Å². The maximum Gasteiger partial charge on any atom is 0.413 e. The Labute approximate surface area is 100.0 Å². The van der Waals surface area contributed by atoms with E-state index in [0.29, 0.717) is 17.3 Å². The molecule has 1 amide bonds. The zero-order valence-electron chi connectivity index (χ0n) is 9.27. The highest BCUT2D eigenvalue weighted by Gasteiger charge is 2.11. The van der Waals surface area contributed by atoms with Crippen LogP contribution in [0.2, 0.25) is 0 Å². The summed E-state index contributed by atoms with van der Waals surface area (Å²) < 4.78 is 4.88. The van der Waals surface area contributed by atoms with Crippen LogP contribution in [0.4, 0.5) is 10.5 Å². The molecule has 4 nitrogen and oxygen atoms in total. The third-order valence-corrected chi connectivity index (χ3v) is 2.30. The molecule has 0 unspecified atom stereocenters. The number of carbonyl (C=O) groups is 1. The fraction of sp³-hybridized carbons (Fsp3) is 0.273. The van der Waals surface area contributed by atoms with Crippen LogP contribution in [0.15, 0.2) is 24.3 Å². The van der Waals surface area contributed by atoms with Crippen molar-refractivity contribution in [2.45, 2.75) is 6.92 Å². The van der Waals surface area contributed by atoms with Crippen molar-refractivity contribution in [2.75, 3.05) is 18.6 Å². The number of nitrogens with zero attached hydrogens (tertiary/aromatic N) is 1. The van der Waals surface area contributed by atoms with Gasteiger partial charge in [0.15, 0.2) is 0 Å². The van der Waals surface area contributed by atoms with Gasteiger partial charge in [0.2, 0.25) is 0 Å². The SMILES string of the molecule is CCOC(=O)N(C)c1cccc(C(N)=S)c1. The predicted molar refractivity (Wildman–Crippen MR) is 67.8 cm³/mol. The van der Waals surface area contributed by atoms with Gasteiger partial charge in [-0.05, 0) is 19.1 Å². The van der Waals surface area contributed by atoms with E-state index < -0.39 is 6.09 Å². The smallest absolute Gasteiger partial charge is 0.413 e. The predicted octanol–water partition coefficient (Wildman–Crippen LogP) is 1.91. The lowest BCUT2D eigenvalue weighted by Gasteiger charge is -2.17. The van der Waals surface area contributed by atoms with Gasteiger partial charge in [0.25, 0.3) is 0 Å². The van der Waals surface area contributed by atoms with Crippen molar-refractivity contribution < 1.29 is 9.53 Å². The number of hydrogen-bond donors (Lipinski definition) is 1. The lowest BCUT2D eigenvalue weighted by atomic mass is 10.2. The maximum atomic E-state index is 11.5. The van der Waals surface area contributed by atoms with E-state index in [-0.39, 0.29) is 0 Å². The average Bonchev–Trinajstić information content (AvgIpc) is 2.28. The number of amides is 1. The molecule has 86 valence electrons. The summed E-state index contributed by atoms with van der Waals surface area (Å²) in [5, 5.41) is 0. The second-order valence-electron chi connectivity index (χ2n) is 3.17. The molecule has 1 aromatic rings. The van der Waals surface area contributed by atoms with Crippen molar-refractivity contribution in [1.29, 1.82) is 0 Å². The Hall–Kier alpha value is -1.62. The Bertz CT molecular complexity index is 407. The second kappa shape index (κ2) is 5.46. The fourth-order valence-corrected chi connectivity index (χ4v) is 1.32. The largest absolute Gasteiger partial charge is 0.449 e. The van der Waals surface area contributed by atoms with E-state index in [1.807, 2.05) is 0 Å². The molecule has 0 aliphatic rings. The molecule has 0 saturated carbocycles. The van der Waals surface area contributed by atoms with Gasteiger partial charge >= 0.3 is 6.09 Å². The number of carbonyl (C=O) groups excluding carboxylic acids is 1. The molecule has 16 heavy (non-hydrogen) atoms. The first-order valence-corrected chi connectivity index (χ1v) is 5.27. The highest BCUT2D eigenvalue weighted by molar-refractivity contribution is 7.80. The molecular weight excluding hydrogens is 224 g/mol. The van der Waals surface area contributed by atoms with Crippen LogP contribution in [0, 0.1) is 0 Å². The molecule has 0 aromatic heterocycles. The molecule has 5 heteroatoms. The van der Waals surface area contributed by atoms with E-state index in [0.717, 1.165) is 5.56 Å². The highest BCUT2D eigenvalue weighted by Crippen LogP contribution is 2.15. The minimum absolute atomic E-state index is 0.305. The monoisotopic (exact) mass is 238 g/mol. The number of rotatable bonds is 3. The van der Waals surface area contributed by atoms with E-state index >= 15 is 0 Å². The number of benzene rings is 1. The van der Waals surface area contributed by atoms with Crippen molar-refractivity contribution in [1.82, 2.24) is 0 Å². The molecule has 1 aromatic carbocycles. The molecule has 0 saturated heterocycles. The Morgan fingerprint density at radius 2 is 2.25 bits per heavy atom. The van der Waals surface area contributed by atoms with Crippen LogP contribution in [0.5, 0.6) is 0 Å². The Morgan fingerprint density at radius 3 is 2.81 bits per heavy atom. The molecule has 0 heterocycles. The molecule has 0 aliphatic heterocycles. The summed E-state index contributed by atoms with van der Waals surface area (Å²) in [6.07, 6.45) is -0.400. The summed E-state index contributed by atoms with van der Waals surface area (Å²) in [5.74, 6) is 0. The van der Waals surface area contributed by atoms with Gasteiger partial charge in [0.05, 0.1) is 6.61 Å². The Balaban J connectivity index is 2.91. The third kappa shape index (κ3) is 2.93. The zero-order valence-corrected chi connectivity index (χ0v) is 10.1. The van der Waals surface area contributed by atoms with Crippen LogP contribution in [0.25, 0.3) is 0 Å². The summed E-state index contributed by atoms with van der Waals surface area (Å²) in [4.78, 5) is 13.2. The van der Waals surface area contributed by atoms with Gasteiger partial charge in [-0.25, -0.2) is 4.79 Å². The van der Waals surface area contributed by atoms with E-state index in [4.69, 9.17) is 22.7 Å². The molecular formula is C11H14N2O2S. The molecule has 0 radical (unpaired) electrons. The van der Waals surface area contributed by atoms with Crippen molar-refractivity contribution in [2.24, 2.45) is 5.73 Å². The van der Waals surface area contributed by atoms with Crippen LogP contribution >= 0.6 is 12.2 Å². The quantitative estimate of drug-likeness (QED) is 0.817. The number of nitrogens with two attached hydrogens (primary N) is 1. The van der Waals surface area contributed by atoms with Crippen LogP contribution in [-0.2, 0) is 4.74 Å². The highest BCUT2D eigenvalue weighted by atomic mass is 32.1. The number of hydrogen-bond acceptors (Lipinski definition) is 3. The van der Waals surface area contributed by atoms with Crippen molar-refractivity contribution in [3.63, 3.8) is 0 Å². The molecule has 0 atom stereocenters. The Kier molecular flexibility index (Phi) is 4.25. The molecule has 1 rings (SSSR count). The molecule has 0 aliphatic carbocycles. The minimum Gasteiger partial charge on any atom is -0.449 e. The average molecular weight is 238 g/mol. The maximum absolute atomic E-state index is 11.5. The van der Waals surface area contributed by atoms with Gasteiger partial charge in [-0.15, -0.1) is 0 Å². The molecule has 0 spiro atoms. The lowest BCUT2D eigenvalue weighted by molar-refractivity contribution is 0.161. The first-order chi connectivity index (χ1) is 7.56. The van der Waals surface area contributed by atoms with Gasteiger partial charge in [-0.2, -0.15) is 0 Å². The summed E-state index contributed by atoms with van der Waals surface area (Å²) in [6.45, 7) is 2.11. The number of anilines is 1. The fourth-order valence-electron chi connectivity index (χ4n) is 1.19. The van der Waals surface area contributed by atoms with Gasteiger partial charge in [-0.1, -0.05) is 24.4 Å². The summed E-state index contributed by atoms with van der Waals surface area (Å²) in [7, 11) is 1.64. The van der Waals surface area contributed by atoms with Crippen LogP contribution in [0.1, 0.15) is 12.5 Å². The summed E-state index contributed by atoms with van der Waals surface area (Å²) in [6, 6.07) is 7.13. The van der Waals surface area contributed by atoms with E-state index in [1.165, 1.54) is 4.90 Å². The second-order valence-corrected chi connectivity index (χ2v) is 3.61. The van der Waals surface area contributed by atoms with Crippen molar-refractivity contribution in [3.05, 3.63) is 29.8 Å². The summed E-state index contributed by atoms with van der Waals surface area (Å²) in [5.41, 5.74) is 6.94. The van der Waals surface area contributed by atoms with Gasteiger partial charge in [-0.3, -0.25) is 4.90 Å². The summed E-state index contributed by atoms with van der Waals surface area (Å²) >= 11 is 4.87. The van der Waals surface area contributed by atoms with Crippen molar-refractivity contribution >= 4 is 29.0 Å². The molecule has 0 fully saturated rings. The first-order valence-electron chi connectivity index (χ1n) is 4.86. The third-order valence-electron chi connectivity index (χ3n) is 2.06. The number of thiocarbonyl (C=S) groups is 1. The normalized spacial score (nSPS) is 9.62. The standard InChI is InChI=1S/C11H14N2O2S/c1-3-15-11(14)13(2)9-6-4-5-8(7-9)10(12)16/h4-7H,3H2,1-2H3,(H2,12,16). The molecule has 2 N–H and O–H groups in total. The first kappa shape index (κ1) is 12.4. The zero-order chi connectivity index (χ0) is 12.1. The topological polar surface area (TPSA) is 55.6 Å². The van der Waals surface area contributed by atoms with Gasteiger partial charge in [0, 0.05) is 18.3 Å². The van der Waals surface area contributed by atoms with Gasteiger partial charge < -0.3 is 10.5 Å². The van der Waals surface area contributed by atoms with Crippen LogP contribution in [0.3, 0.4) is 0 Å². The lowest BCUT2D eigenvalue weighted by Crippen LogP contribution is -2.27. The Morgan fingerprint density at radius 1 is 1.56 bits per heavy atom. The molecule has 0 bridgehead atoms. The van der Waals surface area contributed by atoms with E-state index in [2.05, 4.69) is 0 Å². The minimum atomic E-state index is -0.400. The van der Waals surface area contributed by atoms with Gasteiger partial charge in [0.1, 0.15) is 4.99 Å². The van der Waals surface area contributed by atoms with Crippen LogP contribution < -0.4 is 10.6 Å².